The molecule has 1 rings (SSSR count). The number of rotatable bonds is 7. The van der Waals surface area contributed by atoms with Gasteiger partial charge in [0.15, 0.2) is 0 Å². The largest absolute Gasteiger partial charge is 0.398 e. The van der Waals surface area contributed by atoms with Crippen molar-refractivity contribution < 1.29 is 8.95 Å². The van der Waals surface area contributed by atoms with E-state index in [9.17, 15) is 4.21 Å². The van der Waals surface area contributed by atoms with Gasteiger partial charge in [-0.1, -0.05) is 25.4 Å². The van der Waals surface area contributed by atoms with Gasteiger partial charge in [-0.3, -0.25) is 4.21 Å². The SMILES string of the molecule is CC(C)CCOCCS(=O)c1ccc(Cl)cc1N. The summed E-state index contributed by atoms with van der Waals surface area (Å²) in [4.78, 5) is 0.631. The second-order valence-electron chi connectivity index (χ2n) is 4.53. The highest BCUT2D eigenvalue weighted by Gasteiger charge is 2.08. The normalized spacial score (nSPS) is 12.9. The fourth-order valence-corrected chi connectivity index (χ4v) is 2.60. The molecule has 1 aromatic rings. The summed E-state index contributed by atoms with van der Waals surface area (Å²) in [6, 6.07) is 5.03. The highest BCUT2D eigenvalue weighted by atomic mass is 35.5. The van der Waals surface area contributed by atoms with Gasteiger partial charge in [0, 0.05) is 17.3 Å². The van der Waals surface area contributed by atoms with E-state index in [-0.39, 0.29) is 0 Å². The number of benzene rings is 1. The Kier molecular flexibility index (Phi) is 6.68. The smallest absolute Gasteiger partial charge is 0.0619 e. The van der Waals surface area contributed by atoms with E-state index >= 15 is 0 Å². The second-order valence-corrected chi connectivity index (χ2v) is 6.50. The Labute approximate surface area is 116 Å². The molecule has 102 valence electrons. The van der Waals surface area contributed by atoms with Crippen molar-refractivity contribution >= 4 is 28.1 Å². The average Bonchev–Trinajstić information content (AvgIpc) is 2.27. The van der Waals surface area contributed by atoms with Crippen LogP contribution in [0.2, 0.25) is 5.02 Å². The fourth-order valence-electron chi connectivity index (χ4n) is 1.39. The van der Waals surface area contributed by atoms with Gasteiger partial charge < -0.3 is 10.5 Å². The third-order valence-corrected chi connectivity index (χ3v) is 4.10. The van der Waals surface area contributed by atoms with Crippen LogP contribution < -0.4 is 5.73 Å². The summed E-state index contributed by atoms with van der Waals surface area (Å²) in [6.07, 6.45) is 1.02. The van der Waals surface area contributed by atoms with Crippen LogP contribution in [0.1, 0.15) is 20.3 Å². The van der Waals surface area contributed by atoms with Crippen LogP contribution in [-0.4, -0.2) is 23.2 Å². The van der Waals surface area contributed by atoms with E-state index in [4.69, 9.17) is 22.1 Å². The van der Waals surface area contributed by atoms with Gasteiger partial charge in [-0.05, 0) is 30.5 Å². The molecule has 3 nitrogen and oxygen atoms in total. The molecular formula is C13H20ClNO2S. The Morgan fingerprint density at radius 3 is 2.72 bits per heavy atom. The number of nitrogens with two attached hydrogens (primary N) is 1. The molecule has 0 fully saturated rings. The summed E-state index contributed by atoms with van der Waals surface area (Å²) in [5.41, 5.74) is 6.25. The van der Waals surface area contributed by atoms with E-state index < -0.39 is 10.8 Å². The lowest BCUT2D eigenvalue weighted by Gasteiger charge is -2.08. The number of anilines is 1. The predicted molar refractivity (Wildman–Crippen MR) is 77.4 cm³/mol. The molecule has 18 heavy (non-hydrogen) atoms. The van der Waals surface area contributed by atoms with Crippen LogP contribution in [0.25, 0.3) is 0 Å². The highest BCUT2D eigenvalue weighted by molar-refractivity contribution is 7.85. The van der Waals surface area contributed by atoms with Gasteiger partial charge in [0.1, 0.15) is 0 Å². The van der Waals surface area contributed by atoms with Gasteiger partial charge in [-0.25, -0.2) is 0 Å². The molecule has 0 aromatic heterocycles. The first kappa shape index (κ1) is 15.5. The summed E-state index contributed by atoms with van der Waals surface area (Å²) in [6.45, 7) is 5.50. The molecule has 5 heteroatoms. The van der Waals surface area contributed by atoms with Crippen LogP contribution in [0, 0.1) is 5.92 Å². The Balaban J connectivity index is 2.36. The molecule has 0 spiro atoms. The monoisotopic (exact) mass is 289 g/mol. The van der Waals surface area contributed by atoms with E-state index in [1.807, 2.05) is 0 Å². The van der Waals surface area contributed by atoms with E-state index in [0.29, 0.717) is 40.5 Å². The first-order chi connectivity index (χ1) is 8.50. The van der Waals surface area contributed by atoms with Gasteiger partial charge in [-0.15, -0.1) is 0 Å². The third-order valence-electron chi connectivity index (χ3n) is 2.47. The zero-order chi connectivity index (χ0) is 13.5. The molecule has 0 heterocycles. The number of hydrogen-bond acceptors (Lipinski definition) is 3. The van der Waals surface area contributed by atoms with Crippen LogP contribution in [0.5, 0.6) is 0 Å². The second kappa shape index (κ2) is 7.77. The van der Waals surface area contributed by atoms with Gasteiger partial charge in [0.05, 0.1) is 28.1 Å². The zero-order valence-corrected chi connectivity index (χ0v) is 12.4. The van der Waals surface area contributed by atoms with E-state index in [1.165, 1.54) is 0 Å². The quantitative estimate of drug-likeness (QED) is 0.620. The van der Waals surface area contributed by atoms with Crippen molar-refractivity contribution in [2.75, 3.05) is 24.7 Å². The predicted octanol–water partition coefficient (Wildman–Crippen LogP) is 3.09. The summed E-state index contributed by atoms with van der Waals surface area (Å²) >= 11 is 5.79. The van der Waals surface area contributed by atoms with Gasteiger partial charge in [0.25, 0.3) is 0 Å². The first-order valence-electron chi connectivity index (χ1n) is 6.02. The van der Waals surface area contributed by atoms with Crippen LogP contribution in [0.3, 0.4) is 0 Å². The molecule has 0 saturated carbocycles. The molecule has 0 amide bonds. The lowest BCUT2D eigenvalue weighted by atomic mass is 10.1. The number of hydrogen-bond donors (Lipinski definition) is 1. The minimum absolute atomic E-state index is 0.462. The van der Waals surface area contributed by atoms with Crippen molar-refractivity contribution in [1.29, 1.82) is 0 Å². The number of halogens is 1. The van der Waals surface area contributed by atoms with E-state index in [0.717, 1.165) is 6.42 Å². The lowest BCUT2D eigenvalue weighted by Crippen LogP contribution is -2.09. The van der Waals surface area contributed by atoms with Gasteiger partial charge in [-0.2, -0.15) is 0 Å². The highest BCUT2D eigenvalue weighted by Crippen LogP contribution is 2.21. The van der Waals surface area contributed by atoms with Crippen LogP contribution in [0.15, 0.2) is 23.1 Å². The maximum Gasteiger partial charge on any atom is 0.0619 e. The Bertz CT molecular complexity index is 410. The maximum absolute atomic E-state index is 12.0. The van der Waals surface area contributed by atoms with Crippen LogP contribution in [-0.2, 0) is 15.5 Å². The Hall–Kier alpha value is -0.580. The summed E-state index contributed by atoms with van der Waals surface area (Å²) in [5.74, 6) is 1.09. The molecule has 0 saturated heterocycles. The minimum atomic E-state index is -1.13. The van der Waals surface area contributed by atoms with Gasteiger partial charge in [0.2, 0.25) is 0 Å². The third kappa shape index (κ3) is 5.38. The van der Waals surface area contributed by atoms with E-state index in [1.54, 1.807) is 18.2 Å². The first-order valence-corrected chi connectivity index (χ1v) is 7.71. The van der Waals surface area contributed by atoms with Crippen molar-refractivity contribution in [3.63, 3.8) is 0 Å². The molecule has 1 aromatic carbocycles. The van der Waals surface area contributed by atoms with E-state index in [2.05, 4.69) is 13.8 Å². The lowest BCUT2D eigenvalue weighted by molar-refractivity contribution is 0.138. The molecule has 0 bridgehead atoms. The topological polar surface area (TPSA) is 52.3 Å². The maximum atomic E-state index is 12.0. The van der Waals surface area contributed by atoms with Crippen LogP contribution >= 0.6 is 11.6 Å². The summed E-state index contributed by atoms with van der Waals surface area (Å²) in [7, 11) is -1.13. The van der Waals surface area contributed by atoms with Crippen LogP contribution in [0.4, 0.5) is 5.69 Å². The molecule has 1 unspecified atom stereocenters. The number of nitrogen functional groups attached to an aromatic ring is 1. The van der Waals surface area contributed by atoms with Crippen molar-refractivity contribution in [3.05, 3.63) is 23.2 Å². The van der Waals surface area contributed by atoms with Crippen molar-refractivity contribution in [2.24, 2.45) is 5.92 Å². The molecule has 0 aliphatic heterocycles. The standard InChI is InChI=1S/C13H20ClNO2S/c1-10(2)5-6-17-7-8-18(16)13-4-3-11(14)9-12(13)15/h3-4,9-10H,5-8,15H2,1-2H3. The Morgan fingerprint density at radius 1 is 1.39 bits per heavy atom. The number of ether oxygens (including phenoxy) is 1. The zero-order valence-electron chi connectivity index (χ0n) is 10.8. The molecule has 0 aliphatic carbocycles. The molecule has 1 atom stereocenters. The molecule has 0 radical (unpaired) electrons. The van der Waals surface area contributed by atoms with Crippen molar-refractivity contribution in [3.8, 4) is 0 Å². The molecule has 2 N–H and O–H groups in total. The minimum Gasteiger partial charge on any atom is -0.398 e. The Morgan fingerprint density at radius 2 is 2.11 bits per heavy atom. The van der Waals surface area contributed by atoms with Gasteiger partial charge >= 0.3 is 0 Å². The summed E-state index contributed by atoms with van der Waals surface area (Å²) < 4.78 is 17.4. The molecule has 0 aliphatic rings. The molecular weight excluding hydrogens is 270 g/mol. The fraction of sp³-hybridized carbons (Fsp3) is 0.538. The average molecular weight is 290 g/mol. The summed E-state index contributed by atoms with van der Waals surface area (Å²) in [5, 5.41) is 0.557. The van der Waals surface area contributed by atoms with Crippen molar-refractivity contribution in [1.82, 2.24) is 0 Å². The van der Waals surface area contributed by atoms with Crippen molar-refractivity contribution in [2.45, 2.75) is 25.2 Å².